The number of aromatic nitrogens is 3. The van der Waals surface area contributed by atoms with Crippen molar-refractivity contribution in [2.75, 3.05) is 5.32 Å². The number of aliphatic hydroxyl groups is 1. The van der Waals surface area contributed by atoms with Gasteiger partial charge in [0.1, 0.15) is 0 Å². The van der Waals surface area contributed by atoms with Crippen LogP contribution in [-0.2, 0) is 19.7 Å². The molecular formula is C22H22N4O. The molecule has 0 saturated heterocycles. The average Bonchev–Trinajstić information content (AvgIpc) is 2.99. The van der Waals surface area contributed by atoms with E-state index in [0.717, 1.165) is 34.5 Å². The van der Waals surface area contributed by atoms with Crippen LogP contribution in [0.4, 0.5) is 5.82 Å². The lowest BCUT2D eigenvalue weighted by molar-refractivity contribution is 0.282. The zero-order valence-electron chi connectivity index (χ0n) is 15.3. The molecule has 5 nitrogen and oxygen atoms in total. The molecule has 0 aliphatic rings. The largest absolute Gasteiger partial charge is 0.392 e. The van der Waals surface area contributed by atoms with E-state index in [4.69, 9.17) is 0 Å². The molecule has 0 fully saturated rings. The Hall–Kier alpha value is -3.18. The third-order valence-electron chi connectivity index (χ3n) is 4.91. The zero-order chi connectivity index (χ0) is 18.6. The number of rotatable bonds is 6. The molecular weight excluding hydrogens is 336 g/mol. The molecule has 136 valence electrons. The summed E-state index contributed by atoms with van der Waals surface area (Å²) >= 11 is 0. The topological polar surface area (TPSA) is 63.0 Å². The fraction of sp³-hybridized carbons (Fsp3) is 0.182. The van der Waals surface area contributed by atoms with Crippen molar-refractivity contribution in [3.63, 3.8) is 0 Å². The Morgan fingerprint density at radius 3 is 2.30 bits per heavy atom. The zero-order valence-corrected chi connectivity index (χ0v) is 15.3. The van der Waals surface area contributed by atoms with Gasteiger partial charge in [-0.15, -0.1) is 5.10 Å². The fourth-order valence-corrected chi connectivity index (χ4v) is 3.46. The van der Waals surface area contributed by atoms with E-state index in [1.807, 2.05) is 43.3 Å². The van der Waals surface area contributed by atoms with Gasteiger partial charge in [0.2, 0.25) is 0 Å². The summed E-state index contributed by atoms with van der Waals surface area (Å²) in [5, 5.41) is 22.8. The molecule has 2 aromatic carbocycles. The van der Waals surface area contributed by atoms with Crippen molar-refractivity contribution in [3.8, 4) is 0 Å². The molecule has 0 saturated carbocycles. The minimum atomic E-state index is -0.0199. The van der Waals surface area contributed by atoms with E-state index >= 15 is 0 Å². The van der Waals surface area contributed by atoms with E-state index in [9.17, 15) is 5.11 Å². The van der Waals surface area contributed by atoms with Gasteiger partial charge < -0.3 is 15.0 Å². The predicted molar refractivity (Wildman–Crippen MR) is 108 cm³/mol. The number of hydrogen-bond donors (Lipinski definition) is 2. The first kappa shape index (κ1) is 17.2. The van der Waals surface area contributed by atoms with Crippen LogP contribution in [0.1, 0.15) is 22.4 Å². The molecule has 2 heterocycles. The van der Waals surface area contributed by atoms with Crippen LogP contribution in [0.15, 0.2) is 66.9 Å². The molecule has 27 heavy (non-hydrogen) atoms. The fourth-order valence-electron chi connectivity index (χ4n) is 3.46. The van der Waals surface area contributed by atoms with E-state index in [0.29, 0.717) is 6.54 Å². The molecule has 2 aromatic heterocycles. The molecule has 4 aromatic rings. The first-order valence-electron chi connectivity index (χ1n) is 9.04. The van der Waals surface area contributed by atoms with Crippen LogP contribution in [0.5, 0.6) is 0 Å². The van der Waals surface area contributed by atoms with Crippen molar-refractivity contribution in [1.82, 2.24) is 14.8 Å². The van der Waals surface area contributed by atoms with Gasteiger partial charge in [-0.2, -0.15) is 5.10 Å². The van der Waals surface area contributed by atoms with Crippen molar-refractivity contribution in [2.45, 2.75) is 26.6 Å². The quantitative estimate of drug-likeness (QED) is 0.549. The van der Waals surface area contributed by atoms with Crippen molar-refractivity contribution in [1.29, 1.82) is 0 Å². The van der Waals surface area contributed by atoms with Crippen LogP contribution in [0.2, 0.25) is 0 Å². The van der Waals surface area contributed by atoms with Gasteiger partial charge in [0.05, 0.1) is 18.3 Å². The maximum Gasteiger partial charge on any atom is 0.173 e. The van der Waals surface area contributed by atoms with Crippen molar-refractivity contribution in [3.05, 3.63) is 89.2 Å². The number of nitrogens with zero attached hydrogens (tertiary/aromatic N) is 3. The summed E-state index contributed by atoms with van der Waals surface area (Å²) in [7, 11) is 0. The van der Waals surface area contributed by atoms with Gasteiger partial charge in [0.15, 0.2) is 5.82 Å². The van der Waals surface area contributed by atoms with Crippen molar-refractivity contribution >= 4 is 16.7 Å². The second kappa shape index (κ2) is 7.60. The Bertz CT molecular complexity index is 1040. The van der Waals surface area contributed by atoms with Crippen LogP contribution < -0.4 is 5.32 Å². The SMILES string of the molecule is Cc1c(CO)c2cnnc(NCc3ccccc3)c2n1Cc1ccccc1. The van der Waals surface area contributed by atoms with Gasteiger partial charge in [-0.25, -0.2) is 0 Å². The summed E-state index contributed by atoms with van der Waals surface area (Å²) in [6.45, 7) is 3.40. The molecule has 0 unspecified atom stereocenters. The molecule has 0 atom stereocenters. The third-order valence-corrected chi connectivity index (χ3v) is 4.91. The number of fused-ring (bicyclic) bond motifs is 1. The lowest BCUT2D eigenvalue weighted by atomic mass is 10.2. The third kappa shape index (κ3) is 3.41. The summed E-state index contributed by atoms with van der Waals surface area (Å²) in [4.78, 5) is 0. The van der Waals surface area contributed by atoms with E-state index in [1.165, 1.54) is 11.1 Å². The van der Waals surface area contributed by atoms with Crippen molar-refractivity contribution in [2.24, 2.45) is 0 Å². The molecule has 2 N–H and O–H groups in total. The Morgan fingerprint density at radius 2 is 1.63 bits per heavy atom. The highest BCUT2D eigenvalue weighted by molar-refractivity contribution is 5.92. The number of nitrogens with one attached hydrogen (secondary N) is 1. The number of hydrogen-bond acceptors (Lipinski definition) is 4. The maximum atomic E-state index is 9.91. The highest BCUT2D eigenvalue weighted by Gasteiger charge is 2.18. The average molecular weight is 358 g/mol. The summed E-state index contributed by atoms with van der Waals surface area (Å²) in [5.74, 6) is 0.732. The first-order chi connectivity index (χ1) is 13.3. The first-order valence-corrected chi connectivity index (χ1v) is 9.04. The van der Waals surface area contributed by atoms with Gasteiger partial charge in [-0.1, -0.05) is 60.7 Å². The Morgan fingerprint density at radius 1 is 0.963 bits per heavy atom. The lowest BCUT2D eigenvalue weighted by Gasteiger charge is -2.12. The monoisotopic (exact) mass is 358 g/mol. The highest BCUT2D eigenvalue weighted by Crippen LogP contribution is 2.30. The number of aliphatic hydroxyl groups excluding tert-OH is 1. The van der Waals surface area contributed by atoms with Gasteiger partial charge in [-0.3, -0.25) is 0 Å². The predicted octanol–water partition coefficient (Wildman–Crippen LogP) is 3.89. The van der Waals surface area contributed by atoms with Gasteiger partial charge in [-0.05, 0) is 18.1 Å². The minimum absolute atomic E-state index is 0.0199. The van der Waals surface area contributed by atoms with Gasteiger partial charge in [0, 0.05) is 29.7 Å². The van der Waals surface area contributed by atoms with Gasteiger partial charge >= 0.3 is 0 Å². The Balaban J connectivity index is 1.77. The second-order valence-corrected chi connectivity index (χ2v) is 6.59. The maximum absolute atomic E-state index is 9.91. The molecule has 4 rings (SSSR count). The minimum Gasteiger partial charge on any atom is -0.392 e. The van der Waals surface area contributed by atoms with Crippen LogP contribution in [-0.4, -0.2) is 19.9 Å². The normalized spacial score (nSPS) is 11.0. The Labute approximate surface area is 158 Å². The lowest BCUT2D eigenvalue weighted by Crippen LogP contribution is -2.07. The van der Waals surface area contributed by atoms with Crippen LogP contribution >= 0.6 is 0 Å². The molecule has 0 amide bonds. The molecule has 0 bridgehead atoms. The van der Waals surface area contributed by atoms with Gasteiger partial charge in [0.25, 0.3) is 0 Å². The van der Waals surface area contributed by atoms with Crippen LogP contribution in [0, 0.1) is 6.92 Å². The van der Waals surface area contributed by atoms with E-state index in [-0.39, 0.29) is 6.61 Å². The smallest absolute Gasteiger partial charge is 0.173 e. The highest BCUT2D eigenvalue weighted by atomic mass is 16.3. The summed E-state index contributed by atoms with van der Waals surface area (Å²) in [5.41, 5.74) is 5.29. The molecule has 0 aliphatic carbocycles. The number of benzene rings is 2. The standard InChI is InChI=1S/C22H22N4O/c1-16-20(15-27)19-13-24-25-22(23-12-17-8-4-2-5-9-17)21(19)26(16)14-18-10-6-3-7-11-18/h2-11,13,27H,12,14-15H2,1H3,(H,23,25). The molecule has 5 heteroatoms. The molecule has 0 spiro atoms. The summed E-state index contributed by atoms with van der Waals surface area (Å²) < 4.78 is 2.21. The summed E-state index contributed by atoms with van der Waals surface area (Å²) in [6.07, 6.45) is 1.74. The van der Waals surface area contributed by atoms with Crippen molar-refractivity contribution < 1.29 is 5.11 Å². The summed E-state index contributed by atoms with van der Waals surface area (Å²) in [6, 6.07) is 20.5. The second-order valence-electron chi connectivity index (χ2n) is 6.59. The van der Waals surface area contributed by atoms with Crippen LogP contribution in [0.3, 0.4) is 0 Å². The van der Waals surface area contributed by atoms with Crippen LogP contribution in [0.25, 0.3) is 10.9 Å². The van der Waals surface area contributed by atoms with E-state index < -0.39 is 0 Å². The molecule has 0 radical (unpaired) electrons. The Kier molecular flexibility index (Phi) is 4.85. The van der Waals surface area contributed by atoms with E-state index in [1.54, 1.807) is 6.20 Å². The van der Waals surface area contributed by atoms with E-state index in [2.05, 4.69) is 44.3 Å². The molecule has 0 aliphatic heterocycles. The number of anilines is 1.